The molecule has 2 aromatic rings. The summed E-state index contributed by atoms with van der Waals surface area (Å²) < 4.78 is 1.59. The van der Waals surface area contributed by atoms with Crippen LogP contribution in [0, 0.1) is 0 Å². The molecule has 0 fully saturated rings. The molecule has 1 N–H and O–H groups in total. The summed E-state index contributed by atoms with van der Waals surface area (Å²) in [6, 6.07) is 11.4. The Hall–Kier alpha value is -2.62. The molecule has 0 saturated heterocycles. The summed E-state index contributed by atoms with van der Waals surface area (Å²) >= 11 is 0. The molecule has 0 unspecified atom stereocenters. The standard InChI is InChI=1S/C15H13NO3/c1-2-10-16-13(4-3-5-14(16)17)11-6-8-12(9-7-11)15(18)19/h2-9H,1,10H2,(H,18,19). The molecule has 0 amide bonds. The van der Waals surface area contributed by atoms with Gasteiger partial charge in [-0.05, 0) is 23.8 Å². The summed E-state index contributed by atoms with van der Waals surface area (Å²) in [6.45, 7) is 4.04. The van der Waals surface area contributed by atoms with Crippen LogP contribution in [0.5, 0.6) is 0 Å². The van der Waals surface area contributed by atoms with Crippen molar-refractivity contribution in [1.82, 2.24) is 4.57 Å². The normalized spacial score (nSPS) is 10.1. The number of hydrogen-bond acceptors (Lipinski definition) is 2. The van der Waals surface area contributed by atoms with E-state index >= 15 is 0 Å². The minimum atomic E-state index is -0.969. The summed E-state index contributed by atoms with van der Waals surface area (Å²) in [4.78, 5) is 22.6. The first-order chi connectivity index (χ1) is 9.13. The van der Waals surface area contributed by atoms with Gasteiger partial charge in [-0.25, -0.2) is 4.79 Å². The van der Waals surface area contributed by atoms with E-state index in [1.165, 1.54) is 18.2 Å². The highest BCUT2D eigenvalue weighted by Gasteiger charge is 2.07. The molecule has 4 nitrogen and oxygen atoms in total. The van der Waals surface area contributed by atoms with Crippen LogP contribution in [0.3, 0.4) is 0 Å². The van der Waals surface area contributed by atoms with Gasteiger partial charge in [0.25, 0.3) is 5.56 Å². The monoisotopic (exact) mass is 255 g/mol. The van der Waals surface area contributed by atoms with E-state index < -0.39 is 5.97 Å². The van der Waals surface area contributed by atoms with E-state index in [0.717, 1.165) is 11.3 Å². The van der Waals surface area contributed by atoms with Crippen LogP contribution in [0.15, 0.2) is 59.9 Å². The van der Waals surface area contributed by atoms with E-state index in [0.29, 0.717) is 6.54 Å². The number of carbonyl (C=O) groups is 1. The van der Waals surface area contributed by atoms with E-state index in [4.69, 9.17) is 5.11 Å². The lowest BCUT2D eigenvalue weighted by atomic mass is 10.1. The molecule has 0 spiro atoms. The Balaban J connectivity index is 2.52. The van der Waals surface area contributed by atoms with E-state index in [9.17, 15) is 9.59 Å². The van der Waals surface area contributed by atoms with Crippen molar-refractivity contribution in [1.29, 1.82) is 0 Å². The average molecular weight is 255 g/mol. The van der Waals surface area contributed by atoms with Gasteiger partial charge in [-0.3, -0.25) is 4.79 Å². The Kier molecular flexibility index (Phi) is 3.61. The van der Waals surface area contributed by atoms with Crippen molar-refractivity contribution < 1.29 is 9.90 Å². The highest BCUT2D eigenvalue weighted by Crippen LogP contribution is 2.18. The van der Waals surface area contributed by atoms with Crippen molar-refractivity contribution >= 4 is 5.97 Å². The van der Waals surface area contributed by atoms with Crippen LogP contribution < -0.4 is 5.56 Å². The van der Waals surface area contributed by atoms with Crippen molar-refractivity contribution in [2.24, 2.45) is 0 Å². The van der Waals surface area contributed by atoms with Crippen molar-refractivity contribution in [2.45, 2.75) is 6.54 Å². The second-order valence-corrected chi connectivity index (χ2v) is 4.03. The molecule has 0 aliphatic carbocycles. The zero-order valence-corrected chi connectivity index (χ0v) is 10.2. The van der Waals surface area contributed by atoms with Crippen LogP contribution in [0.4, 0.5) is 0 Å². The molecule has 1 heterocycles. The van der Waals surface area contributed by atoms with Crippen molar-refractivity contribution in [3.63, 3.8) is 0 Å². The number of carboxylic acid groups (broad SMARTS) is 1. The quantitative estimate of drug-likeness (QED) is 0.853. The summed E-state index contributed by atoms with van der Waals surface area (Å²) in [5.74, 6) is -0.969. The Morgan fingerprint density at radius 1 is 1.21 bits per heavy atom. The van der Waals surface area contributed by atoms with E-state index in [1.54, 1.807) is 28.8 Å². The molecule has 0 bridgehead atoms. The lowest BCUT2D eigenvalue weighted by Gasteiger charge is -2.10. The maximum absolute atomic E-state index is 11.8. The minimum absolute atomic E-state index is 0.111. The number of aromatic carboxylic acids is 1. The zero-order chi connectivity index (χ0) is 13.8. The lowest BCUT2D eigenvalue weighted by molar-refractivity contribution is 0.0697. The number of allylic oxidation sites excluding steroid dienone is 1. The topological polar surface area (TPSA) is 59.3 Å². The summed E-state index contributed by atoms with van der Waals surface area (Å²) in [5, 5.41) is 8.86. The van der Waals surface area contributed by atoms with Gasteiger partial charge in [0.05, 0.1) is 11.3 Å². The van der Waals surface area contributed by atoms with Crippen LogP contribution in [0.25, 0.3) is 11.3 Å². The van der Waals surface area contributed by atoms with Crippen LogP contribution in [-0.2, 0) is 6.54 Å². The van der Waals surface area contributed by atoms with Crippen LogP contribution in [-0.4, -0.2) is 15.6 Å². The molecule has 1 aromatic heterocycles. The maximum atomic E-state index is 11.8. The molecule has 4 heteroatoms. The first kappa shape index (κ1) is 12.8. The van der Waals surface area contributed by atoms with Crippen molar-refractivity contribution in [3.05, 3.63) is 71.0 Å². The second-order valence-electron chi connectivity index (χ2n) is 4.03. The van der Waals surface area contributed by atoms with Crippen LogP contribution in [0.2, 0.25) is 0 Å². The molecule has 96 valence electrons. The summed E-state index contributed by atoms with van der Waals surface area (Å²) in [6.07, 6.45) is 1.65. The number of aromatic nitrogens is 1. The molecule has 0 saturated carbocycles. The first-order valence-corrected chi connectivity index (χ1v) is 5.78. The number of pyridine rings is 1. The number of benzene rings is 1. The smallest absolute Gasteiger partial charge is 0.335 e. The van der Waals surface area contributed by atoms with Gasteiger partial charge in [-0.15, -0.1) is 6.58 Å². The Morgan fingerprint density at radius 3 is 2.47 bits per heavy atom. The molecular formula is C15H13NO3. The number of rotatable bonds is 4. The van der Waals surface area contributed by atoms with E-state index in [-0.39, 0.29) is 11.1 Å². The highest BCUT2D eigenvalue weighted by molar-refractivity contribution is 5.88. The summed E-state index contributed by atoms with van der Waals surface area (Å²) in [7, 11) is 0. The third-order valence-electron chi connectivity index (χ3n) is 2.79. The summed E-state index contributed by atoms with van der Waals surface area (Å²) in [5.41, 5.74) is 1.64. The largest absolute Gasteiger partial charge is 0.478 e. The van der Waals surface area contributed by atoms with Gasteiger partial charge in [0.2, 0.25) is 0 Å². The maximum Gasteiger partial charge on any atom is 0.335 e. The molecule has 0 aliphatic rings. The zero-order valence-electron chi connectivity index (χ0n) is 10.2. The molecule has 1 aromatic carbocycles. The average Bonchev–Trinajstić information content (AvgIpc) is 2.41. The van der Waals surface area contributed by atoms with Crippen molar-refractivity contribution in [2.75, 3.05) is 0 Å². The molecule has 0 aliphatic heterocycles. The van der Waals surface area contributed by atoms with Gasteiger partial charge in [-0.2, -0.15) is 0 Å². The fourth-order valence-electron chi connectivity index (χ4n) is 1.87. The SMILES string of the molecule is C=CCn1c(-c2ccc(C(=O)O)cc2)cccc1=O. The van der Waals surface area contributed by atoms with Crippen LogP contribution >= 0.6 is 0 Å². The van der Waals surface area contributed by atoms with Gasteiger partial charge in [0.1, 0.15) is 0 Å². The molecule has 19 heavy (non-hydrogen) atoms. The Labute approximate surface area is 110 Å². The fraction of sp³-hybridized carbons (Fsp3) is 0.0667. The van der Waals surface area contributed by atoms with Gasteiger partial charge in [0.15, 0.2) is 0 Å². The van der Waals surface area contributed by atoms with Gasteiger partial charge >= 0.3 is 5.97 Å². The molecule has 0 atom stereocenters. The number of carboxylic acids is 1. The lowest BCUT2D eigenvalue weighted by Crippen LogP contribution is -2.19. The first-order valence-electron chi connectivity index (χ1n) is 5.78. The fourth-order valence-corrected chi connectivity index (χ4v) is 1.87. The minimum Gasteiger partial charge on any atom is -0.478 e. The van der Waals surface area contributed by atoms with Gasteiger partial charge < -0.3 is 9.67 Å². The Morgan fingerprint density at radius 2 is 1.89 bits per heavy atom. The number of nitrogens with zero attached hydrogens (tertiary/aromatic N) is 1. The highest BCUT2D eigenvalue weighted by atomic mass is 16.4. The van der Waals surface area contributed by atoms with Gasteiger partial charge in [-0.1, -0.05) is 24.3 Å². The molecule has 0 radical (unpaired) electrons. The molecule has 2 rings (SSSR count). The third kappa shape index (κ3) is 2.63. The van der Waals surface area contributed by atoms with Crippen molar-refractivity contribution in [3.8, 4) is 11.3 Å². The van der Waals surface area contributed by atoms with Crippen LogP contribution in [0.1, 0.15) is 10.4 Å². The number of hydrogen-bond donors (Lipinski definition) is 1. The second kappa shape index (κ2) is 5.35. The van der Waals surface area contributed by atoms with Gasteiger partial charge in [0, 0.05) is 12.6 Å². The predicted molar refractivity (Wildman–Crippen MR) is 73.3 cm³/mol. The predicted octanol–water partition coefficient (Wildman–Crippen LogP) is 2.40. The Bertz CT molecular complexity index is 669. The van der Waals surface area contributed by atoms with E-state index in [1.807, 2.05) is 6.07 Å². The molecular weight excluding hydrogens is 242 g/mol. The third-order valence-corrected chi connectivity index (χ3v) is 2.79. The van der Waals surface area contributed by atoms with E-state index in [2.05, 4.69) is 6.58 Å².